The van der Waals surface area contributed by atoms with Crippen LogP contribution in [0.5, 0.6) is 0 Å². The van der Waals surface area contributed by atoms with Gasteiger partial charge in [0, 0.05) is 38.8 Å². The van der Waals surface area contributed by atoms with Crippen molar-refractivity contribution in [2.24, 2.45) is 11.8 Å². The molecule has 0 spiro atoms. The number of oxazole rings is 1. The summed E-state index contributed by atoms with van der Waals surface area (Å²) < 4.78 is 11.2. The van der Waals surface area contributed by atoms with E-state index in [0.717, 1.165) is 63.5 Å². The lowest BCUT2D eigenvalue weighted by Gasteiger charge is -2.40. The molecule has 1 aromatic heterocycles. The van der Waals surface area contributed by atoms with E-state index >= 15 is 0 Å². The molecule has 6 heteroatoms. The molecular formula is C19H27N3O3. The largest absolute Gasteiger partial charge is 0.445 e. The molecule has 2 aliphatic heterocycles. The maximum atomic E-state index is 12.9. The summed E-state index contributed by atoms with van der Waals surface area (Å²) in [5.41, 5.74) is 0.459. The molecule has 2 saturated carbocycles. The molecule has 0 aromatic carbocycles. The Hall–Kier alpha value is -1.40. The molecule has 5 rings (SSSR count). The summed E-state index contributed by atoms with van der Waals surface area (Å²) in [5, 5.41) is 0. The third kappa shape index (κ3) is 2.79. The van der Waals surface area contributed by atoms with E-state index in [1.54, 1.807) is 0 Å². The van der Waals surface area contributed by atoms with Gasteiger partial charge < -0.3 is 14.1 Å². The lowest BCUT2D eigenvalue weighted by atomic mass is 9.93. The van der Waals surface area contributed by atoms with Crippen LogP contribution < -0.4 is 0 Å². The summed E-state index contributed by atoms with van der Waals surface area (Å²) in [4.78, 5) is 21.7. The monoisotopic (exact) mass is 345 g/mol. The number of ether oxygens (including phenoxy) is 1. The minimum absolute atomic E-state index is 0.00634. The van der Waals surface area contributed by atoms with Crippen LogP contribution in [0.15, 0.2) is 10.8 Å². The van der Waals surface area contributed by atoms with Crippen LogP contribution in [0.2, 0.25) is 0 Å². The Morgan fingerprint density at radius 2 is 2.00 bits per heavy atom. The van der Waals surface area contributed by atoms with Gasteiger partial charge in [-0.3, -0.25) is 9.69 Å². The molecule has 0 unspecified atom stereocenters. The molecular weight excluding hydrogens is 318 g/mol. The Kier molecular flexibility index (Phi) is 4.05. The number of carbonyl (C=O) groups excluding carboxylic acids is 1. The van der Waals surface area contributed by atoms with Crippen molar-refractivity contribution in [3.05, 3.63) is 17.8 Å². The van der Waals surface area contributed by atoms with Crippen molar-refractivity contribution >= 4 is 5.91 Å². The normalized spacial score (nSPS) is 35.6. The number of piperazine rings is 1. The highest BCUT2D eigenvalue weighted by molar-refractivity contribution is 5.93. The predicted octanol–water partition coefficient (Wildman–Crippen LogP) is 2.47. The number of fused-ring (bicyclic) bond motifs is 2. The molecule has 1 aromatic rings. The molecule has 4 aliphatic rings. The average molecular weight is 345 g/mol. The van der Waals surface area contributed by atoms with Crippen LogP contribution in [-0.2, 0) is 4.74 Å². The van der Waals surface area contributed by atoms with Crippen LogP contribution in [-0.4, -0.2) is 59.5 Å². The van der Waals surface area contributed by atoms with Crippen LogP contribution in [0.3, 0.4) is 0 Å². The molecule has 3 heterocycles. The highest BCUT2D eigenvalue weighted by Gasteiger charge is 2.43. The van der Waals surface area contributed by atoms with E-state index in [2.05, 4.69) is 9.88 Å². The standard InChI is InChI=1S/C19H27N3O3/c23-19(17-18(25-12-20-17)16-2-1-9-24-16)22-7-5-21(6-8-22)15-11-13-3-4-14(15)10-13/h12-16H,1-11H2/t13-,14-,15+,16+/m0/s1. The van der Waals surface area contributed by atoms with Gasteiger partial charge in [-0.25, -0.2) is 4.98 Å². The fourth-order valence-corrected chi connectivity index (χ4v) is 5.49. The quantitative estimate of drug-likeness (QED) is 0.842. The summed E-state index contributed by atoms with van der Waals surface area (Å²) in [7, 11) is 0. The first-order valence-electron chi connectivity index (χ1n) is 9.88. The maximum Gasteiger partial charge on any atom is 0.276 e. The first-order chi connectivity index (χ1) is 12.3. The fraction of sp³-hybridized carbons (Fsp3) is 0.789. The van der Waals surface area contributed by atoms with Gasteiger partial charge in [0.25, 0.3) is 5.91 Å². The number of hydrogen-bond donors (Lipinski definition) is 0. The Labute approximate surface area is 148 Å². The molecule has 2 saturated heterocycles. The lowest BCUT2D eigenvalue weighted by molar-refractivity contribution is 0.0478. The molecule has 4 fully saturated rings. The fourth-order valence-electron chi connectivity index (χ4n) is 5.49. The zero-order valence-electron chi connectivity index (χ0n) is 14.7. The highest BCUT2D eigenvalue weighted by atomic mass is 16.5. The van der Waals surface area contributed by atoms with Gasteiger partial charge in [0.05, 0.1) is 0 Å². The molecule has 0 N–H and O–H groups in total. The second-order valence-electron chi connectivity index (χ2n) is 8.14. The second-order valence-corrected chi connectivity index (χ2v) is 8.14. The topological polar surface area (TPSA) is 58.8 Å². The molecule has 1 amide bonds. The minimum Gasteiger partial charge on any atom is -0.445 e. The molecule has 0 radical (unpaired) electrons. The number of amides is 1. The predicted molar refractivity (Wildman–Crippen MR) is 91.1 cm³/mol. The summed E-state index contributed by atoms with van der Waals surface area (Å²) in [6, 6.07) is 0.769. The van der Waals surface area contributed by atoms with Gasteiger partial charge in [0.1, 0.15) is 6.10 Å². The van der Waals surface area contributed by atoms with Crippen LogP contribution in [0.25, 0.3) is 0 Å². The van der Waals surface area contributed by atoms with Crippen LogP contribution in [0.4, 0.5) is 0 Å². The summed E-state index contributed by atoms with van der Waals surface area (Å²) >= 11 is 0. The van der Waals surface area contributed by atoms with E-state index in [9.17, 15) is 4.79 Å². The zero-order chi connectivity index (χ0) is 16.8. The second kappa shape index (κ2) is 6.40. The SMILES string of the molecule is O=C(c1ncoc1[C@H]1CCCO1)N1CCN([C@@H]2C[C@H]3CC[C@H]2C3)CC1. The van der Waals surface area contributed by atoms with Gasteiger partial charge in [0.2, 0.25) is 0 Å². The molecule has 136 valence electrons. The van der Waals surface area contributed by atoms with Crippen molar-refractivity contribution in [3.63, 3.8) is 0 Å². The number of nitrogens with zero attached hydrogens (tertiary/aromatic N) is 3. The van der Waals surface area contributed by atoms with Crippen molar-refractivity contribution in [3.8, 4) is 0 Å². The van der Waals surface area contributed by atoms with Crippen molar-refractivity contribution < 1.29 is 13.9 Å². The number of carbonyl (C=O) groups is 1. The first kappa shape index (κ1) is 15.8. The van der Waals surface area contributed by atoms with E-state index in [4.69, 9.17) is 9.15 Å². The Bertz CT molecular complexity index is 632. The summed E-state index contributed by atoms with van der Waals surface area (Å²) in [5.74, 6) is 2.51. The van der Waals surface area contributed by atoms with Crippen molar-refractivity contribution in [1.82, 2.24) is 14.8 Å². The van der Waals surface area contributed by atoms with Gasteiger partial charge in [-0.05, 0) is 43.9 Å². The van der Waals surface area contributed by atoms with Crippen LogP contribution in [0.1, 0.15) is 60.9 Å². The van der Waals surface area contributed by atoms with E-state index in [1.807, 2.05) is 4.90 Å². The smallest absolute Gasteiger partial charge is 0.276 e. The highest BCUT2D eigenvalue weighted by Crippen LogP contribution is 2.46. The van der Waals surface area contributed by atoms with Crippen molar-refractivity contribution in [1.29, 1.82) is 0 Å². The third-order valence-corrected chi connectivity index (χ3v) is 6.79. The Morgan fingerprint density at radius 1 is 1.12 bits per heavy atom. The maximum absolute atomic E-state index is 12.9. The van der Waals surface area contributed by atoms with Crippen LogP contribution in [0, 0.1) is 11.8 Å². The minimum atomic E-state index is -0.100. The van der Waals surface area contributed by atoms with Crippen molar-refractivity contribution in [2.75, 3.05) is 32.8 Å². The van der Waals surface area contributed by atoms with Gasteiger partial charge in [0.15, 0.2) is 17.8 Å². The zero-order valence-corrected chi connectivity index (χ0v) is 14.7. The molecule has 25 heavy (non-hydrogen) atoms. The van der Waals surface area contributed by atoms with E-state index in [0.29, 0.717) is 11.5 Å². The van der Waals surface area contributed by atoms with Crippen molar-refractivity contribution in [2.45, 2.75) is 50.7 Å². The van der Waals surface area contributed by atoms with E-state index in [-0.39, 0.29) is 12.0 Å². The lowest BCUT2D eigenvalue weighted by Crippen LogP contribution is -2.53. The number of hydrogen-bond acceptors (Lipinski definition) is 5. The van der Waals surface area contributed by atoms with Gasteiger partial charge >= 0.3 is 0 Å². The number of aromatic nitrogens is 1. The summed E-state index contributed by atoms with van der Waals surface area (Å²) in [6.07, 6.45) is 8.88. The van der Waals surface area contributed by atoms with Crippen LogP contribution >= 0.6 is 0 Å². The third-order valence-electron chi connectivity index (χ3n) is 6.79. The van der Waals surface area contributed by atoms with E-state index in [1.165, 1.54) is 32.1 Å². The van der Waals surface area contributed by atoms with E-state index < -0.39 is 0 Å². The number of rotatable bonds is 3. The molecule has 2 bridgehead atoms. The van der Waals surface area contributed by atoms with Gasteiger partial charge in [-0.15, -0.1) is 0 Å². The molecule has 2 aliphatic carbocycles. The van der Waals surface area contributed by atoms with Gasteiger partial charge in [-0.1, -0.05) is 6.42 Å². The Morgan fingerprint density at radius 3 is 2.68 bits per heavy atom. The van der Waals surface area contributed by atoms with Gasteiger partial charge in [-0.2, -0.15) is 0 Å². The average Bonchev–Trinajstić information content (AvgIpc) is 3.45. The Balaban J connectivity index is 1.22. The molecule has 4 atom stereocenters. The molecule has 6 nitrogen and oxygen atoms in total. The summed E-state index contributed by atoms with van der Waals surface area (Å²) in [6.45, 7) is 4.32. The first-order valence-corrected chi connectivity index (χ1v) is 9.88.